The molecule has 3 rings (SSSR count). The van der Waals surface area contributed by atoms with Crippen LogP contribution in [0.4, 0.5) is 0 Å². The third-order valence-electron chi connectivity index (χ3n) is 5.28. The number of rotatable bonds is 9. The van der Waals surface area contributed by atoms with E-state index < -0.39 is 19.9 Å². The van der Waals surface area contributed by atoms with Crippen molar-refractivity contribution in [3.63, 3.8) is 0 Å². The highest BCUT2D eigenvalue weighted by atomic mass is 32.2. The lowest BCUT2D eigenvalue weighted by atomic mass is 9.98. The summed E-state index contributed by atoms with van der Waals surface area (Å²) >= 11 is 0. The van der Waals surface area contributed by atoms with Crippen molar-refractivity contribution in [2.75, 3.05) is 40.1 Å². The Labute approximate surface area is 184 Å². The number of hydrogen-bond donors (Lipinski definition) is 1. The normalized spacial score (nSPS) is 14.8. The highest BCUT2D eigenvalue weighted by Gasteiger charge is 2.23. The summed E-state index contributed by atoms with van der Waals surface area (Å²) in [5.41, 5.74) is 2.40. The Kier molecular flexibility index (Phi) is 7.25. The minimum atomic E-state index is -3.92. The smallest absolute Gasteiger partial charge is 0.241 e. The van der Waals surface area contributed by atoms with Gasteiger partial charge < -0.3 is 9.47 Å². The highest BCUT2D eigenvalue weighted by molar-refractivity contribution is 7.93. The van der Waals surface area contributed by atoms with Crippen molar-refractivity contribution < 1.29 is 26.3 Å². The zero-order valence-corrected chi connectivity index (χ0v) is 19.6. The van der Waals surface area contributed by atoms with E-state index in [1.165, 1.54) is 35.4 Å². The molecule has 0 bridgehead atoms. The monoisotopic (exact) mass is 468 g/mol. The Morgan fingerprint density at radius 2 is 1.58 bits per heavy atom. The minimum Gasteiger partial charge on any atom is -0.493 e. The molecule has 0 spiro atoms. The fourth-order valence-electron chi connectivity index (χ4n) is 3.70. The summed E-state index contributed by atoms with van der Waals surface area (Å²) in [4.78, 5) is 1.84. The van der Waals surface area contributed by atoms with Crippen molar-refractivity contribution in [3.8, 4) is 11.5 Å². The highest BCUT2D eigenvalue weighted by Crippen LogP contribution is 2.33. The maximum atomic E-state index is 12.6. The Morgan fingerprint density at radius 3 is 2.19 bits per heavy atom. The van der Waals surface area contributed by atoms with Gasteiger partial charge in [0.05, 0.1) is 19.1 Å². The van der Waals surface area contributed by atoms with Crippen LogP contribution in [0.5, 0.6) is 11.5 Å². The maximum Gasteiger partial charge on any atom is 0.241 e. The van der Waals surface area contributed by atoms with Crippen molar-refractivity contribution >= 4 is 19.9 Å². The van der Waals surface area contributed by atoms with Gasteiger partial charge in [0, 0.05) is 25.9 Å². The van der Waals surface area contributed by atoms with Crippen LogP contribution in [-0.2, 0) is 32.8 Å². The van der Waals surface area contributed by atoms with E-state index in [9.17, 15) is 16.8 Å². The number of nitrogens with one attached hydrogen (secondary N) is 1. The predicted molar refractivity (Wildman–Crippen MR) is 118 cm³/mol. The molecule has 0 radical (unpaired) electrons. The van der Waals surface area contributed by atoms with E-state index in [2.05, 4.69) is 9.62 Å². The molecule has 2 aromatic carbocycles. The van der Waals surface area contributed by atoms with Gasteiger partial charge >= 0.3 is 0 Å². The van der Waals surface area contributed by atoms with Crippen molar-refractivity contribution in [3.05, 3.63) is 47.5 Å². The van der Waals surface area contributed by atoms with E-state index >= 15 is 0 Å². The molecule has 1 heterocycles. The zero-order chi connectivity index (χ0) is 22.6. The second-order valence-electron chi connectivity index (χ2n) is 7.47. The van der Waals surface area contributed by atoms with Gasteiger partial charge in [0.2, 0.25) is 10.0 Å². The molecule has 170 valence electrons. The first-order valence-electron chi connectivity index (χ1n) is 9.90. The van der Waals surface area contributed by atoms with E-state index in [0.29, 0.717) is 18.7 Å². The van der Waals surface area contributed by atoms with Crippen LogP contribution in [0.2, 0.25) is 0 Å². The number of sulfonamides is 1. The average molecular weight is 469 g/mol. The first-order valence-corrected chi connectivity index (χ1v) is 13.3. The molecule has 0 amide bonds. The summed E-state index contributed by atoms with van der Waals surface area (Å²) in [6.07, 6.45) is 2.48. The molecule has 1 aliphatic heterocycles. The molecule has 0 fully saturated rings. The third kappa shape index (κ3) is 5.57. The quantitative estimate of drug-likeness (QED) is 0.560. The molecule has 10 heteroatoms. The SMILES string of the molecule is COc1cc2c(cc1OC)CN(CCCNS(=O)(=O)c1ccccc1S(C)(=O)=O)CC2. The van der Waals surface area contributed by atoms with Gasteiger partial charge in [-0.15, -0.1) is 0 Å². The van der Waals surface area contributed by atoms with E-state index in [1.807, 2.05) is 12.1 Å². The number of benzene rings is 2. The van der Waals surface area contributed by atoms with E-state index in [-0.39, 0.29) is 16.3 Å². The van der Waals surface area contributed by atoms with Crippen molar-refractivity contribution in [1.82, 2.24) is 9.62 Å². The predicted octanol–water partition coefficient (Wildman–Crippen LogP) is 1.83. The molecule has 1 aliphatic rings. The summed E-state index contributed by atoms with van der Waals surface area (Å²) in [6, 6.07) is 9.64. The number of methoxy groups -OCH3 is 2. The molecular weight excluding hydrogens is 440 g/mol. The largest absolute Gasteiger partial charge is 0.493 e. The molecule has 0 unspecified atom stereocenters. The number of ether oxygens (including phenoxy) is 2. The summed E-state index contributed by atoms with van der Waals surface area (Å²) in [5, 5.41) is 0. The first-order chi connectivity index (χ1) is 14.7. The molecule has 0 aromatic heterocycles. The van der Waals surface area contributed by atoms with Crippen LogP contribution >= 0.6 is 0 Å². The summed E-state index contributed by atoms with van der Waals surface area (Å²) in [6.45, 7) is 2.55. The number of nitrogens with zero attached hydrogens (tertiary/aromatic N) is 1. The molecule has 8 nitrogen and oxygen atoms in total. The van der Waals surface area contributed by atoms with Gasteiger partial charge in [0.15, 0.2) is 21.3 Å². The topological polar surface area (TPSA) is 102 Å². The molecule has 0 saturated carbocycles. The van der Waals surface area contributed by atoms with Crippen LogP contribution < -0.4 is 14.2 Å². The van der Waals surface area contributed by atoms with E-state index in [1.54, 1.807) is 14.2 Å². The lowest BCUT2D eigenvalue weighted by Gasteiger charge is -2.29. The zero-order valence-electron chi connectivity index (χ0n) is 17.9. The van der Waals surface area contributed by atoms with Crippen LogP contribution in [0.1, 0.15) is 17.5 Å². The minimum absolute atomic E-state index is 0.195. The van der Waals surface area contributed by atoms with E-state index in [0.717, 1.165) is 31.5 Å². The first kappa shape index (κ1) is 23.5. The standard InChI is InChI=1S/C21H28N2O6S2/c1-28-18-13-16-9-12-23(15-17(16)14-19(18)29-2)11-6-10-22-31(26,27)21-8-5-4-7-20(21)30(3,24)25/h4-5,7-8,13-14,22H,6,9-12,15H2,1-3H3. The molecule has 31 heavy (non-hydrogen) atoms. The van der Waals surface area contributed by atoms with Gasteiger partial charge in [-0.3, -0.25) is 4.90 Å². The van der Waals surface area contributed by atoms with Crippen molar-refractivity contribution in [2.24, 2.45) is 0 Å². The van der Waals surface area contributed by atoms with Gasteiger partial charge in [0.1, 0.15) is 4.90 Å². The molecular formula is C21H28N2O6S2. The van der Waals surface area contributed by atoms with Crippen LogP contribution in [0.25, 0.3) is 0 Å². The van der Waals surface area contributed by atoms with Crippen LogP contribution in [-0.4, -0.2) is 61.8 Å². The maximum absolute atomic E-state index is 12.6. The average Bonchev–Trinajstić information content (AvgIpc) is 2.75. The number of hydrogen-bond acceptors (Lipinski definition) is 7. The molecule has 0 saturated heterocycles. The molecule has 0 atom stereocenters. The third-order valence-corrected chi connectivity index (χ3v) is 8.08. The van der Waals surface area contributed by atoms with Gasteiger partial charge in [-0.1, -0.05) is 12.1 Å². The second kappa shape index (κ2) is 9.56. The molecule has 0 aliphatic carbocycles. The van der Waals surface area contributed by atoms with Gasteiger partial charge in [-0.2, -0.15) is 0 Å². The van der Waals surface area contributed by atoms with Crippen LogP contribution in [0.3, 0.4) is 0 Å². The van der Waals surface area contributed by atoms with Crippen LogP contribution in [0.15, 0.2) is 46.2 Å². The summed E-state index contributed by atoms with van der Waals surface area (Å²) in [5.74, 6) is 1.42. The van der Waals surface area contributed by atoms with Gasteiger partial charge in [0.25, 0.3) is 0 Å². The number of fused-ring (bicyclic) bond motifs is 1. The Balaban J connectivity index is 1.59. The fraction of sp³-hybridized carbons (Fsp3) is 0.429. The van der Waals surface area contributed by atoms with E-state index in [4.69, 9.17) is 9.47 Å². The summed E-state index contributed by atoms with van der Waals surface area (Å²) < 4.78 is 62.4. The summed E-state index contributed by atoms with van der Waals surface area (Å²) in [7, 11) is -4.34. The van der Waals surface area contributed by atoms with Crippen molar-refractivity contribution in [1.29, 1.82) is 0 Å². The van der Waals surface area contributed by atoms with Gasteiger partial charge in [-0.05, 0) is 54.8 Å². The van der Waals surface area contributed by atoms with Crippen LogP contribution in [0, 0.1) is 0 Å². The second-order valence-corrected chi connectivity index (χ2v) is 11.2. The molecule has 2 aromatic rings. The van der Waals surface area contributed by atoms with Gasteiger partial charge in [-0.25, -0.2) is 21.6 Å². The lowest BCUT2D eigenvalue weighted by molar-refractivity contribution is 0.250. The Bertz CT molecular complexity index is 1150. The Morgan fingerprint density at radius 1 is 0.968 bits per heavy atom. The fourth-order valence-corrected chi connectivity index (χ4v) is 6.40. The lowest BCUT2D eigenvalue weighted by Crippen LogP contribution is -2.34. The Hall–Kier alpha value is -2.14. The molecule has 1 N–H and O–H groups in total. The van der Waals surface area contributed by atoms with Crippen molar-refractivity contribution in [2.45, 2.75) is 29.2 Å². The number of sulfone groups is 1.